The van der Waals surface area contributed by atoms with Crippen LogP contribution in [0.4, 0.5) is 4.79 Å². The molecule has 2 N–H and O–H groups in total. The van der Waals surface area contributed by atoms with Crippen LogP contribution in [0.1, 0.15) is 47.1 Å². The van der Waals surface area contributed by atoms with Gasteiger partial charge in [-0.25, -0.2) is 23.2 Å². The molecule has 3 rings (SSSR count). The van der Waals surface area contributed by atoms with Gasteiger partial charge in [0, 0.05) is 23.4 Å². The highest BCUT2D eigenvalue weighted by atomic mass is 35.5. The maximum absolute atomic E-state index is 13.3. The molecule has 0 aliphatic rings. The molecule has 3 aromatic rings. The van der Waals surface area contributed by atoms with E-state index in [9.17, 15) is 13.2 Å². The Morgan fingerprint density at radius 1 is 1.15 bits per heavy atom. The summed E-state index contributed by atoms with van der Waals surface area (Å²) in [4.78, 5) is 20.1. The van der Waals surface area contributed by atoms with Crippen LogP contribution in [0.15, 0.2) is 29.4 Å². The van der Waals surface area contributed by atoms with E-state index in [0.29, 0.717) is 22.5 Å². The van der Waals surface area contributed by atoms with Crippen molar-refractivity contribution in [3.05, 3.63) is 35.2 Å². The van der Waals surface area contributed by atoms with Gasteiger partial charge in [0.15, 0.2) is 9.84 Å². The van der Waals surface area contributed by atoms with Crippen molar-refractivity contribution in [2.24, 2.45) is 5.73 Å². The molecule has 0 saturated carbocycles. The zero-order valence-corrected chi connectivity index (χ0v) is 21.1. The number of sulfone groups is 1. The number of nitrogens with zero attached hydrogens (tertiary/aromatic N) is 3. The number of rotatable bonds is 4. The lowest BCUT2D eigenvalue weighted by Gasteiger charge is -2.25. The molecule has 3 aromatic heterocycles. The lowest BCUT2D eigenvalue weighted by molar-refractivity contribution is 0.208. The van der Waals surface area contributed by atoms with Gasteiger partial charge in [-0.15, -0.1) is 0 Å². The molecule has 0 radical (unpaired) electrons. The van der Waals surface area contributed by atoms with E-state index in [2.05, 4.69) is 9.97 Å². The number of amides is 1. The predicted octanol–water partition coefficient (Wildman–Crippen LogP) is 4.39. The first-order valence-corrected chi connectivity index (χ1v) is 11.9. The number of carbonyl (C=O) groups excluding carboxylic acids is 1. The first-order chi connectivity index (χ1) is 15.1. The summed E-state index contributed by atoms with van der Waals surface area (Å²) in [5.41, 5.74) is 6.81. The van der Waals surface area contributed by atoms with Crippen LogP contribution in [-0.2, 0) is 15.3 Å². The zero-order chi connectivity index (χ0) is 24.9. The standard InChI is InChI=1S/C22H27ClN4O5S/c1-21(2,3)18-12(8-16(23)26-19(18)32-20(24)28)13-10-25-17-9-14(31-7)15(11-27(13)17)33(29,30)22(4,5)6/h8-11H,1-7H3,(H2,24,28). The van der Waals surface area contributed by atoms with Crippen molar-refractivity contribution in [1.82, 2.24) is 14.4 Å². The fourth-order valence-electron chi connectivity index (χ4n) is 3.46. The van der Waals surface area contributed by atoms with Crippen LogP contribution in [0.25, 0.3) is 16.9 Å². The summed E-state index contributed by atoms with van der Waals surface area (Å²) in [5, 5.41) is 0.0697. The minimum Gasteiger partial charge on any atom is -0.495 e. The summed E-state index contributed by atoms with van der Waals surface area (Å²) in [6.07, 6.45) is 2.03. The van der Waals surface area contributed by atoms with Crippen molar-refractivity contribution in [3.63, 3.8) is 0 Å². The molecule has 0 fully saturated rings. The quantitative estimate of drug-likeness (QED) is 0.533. The third-order valence-electron chi connectivity index (χ3n) is 5.07. The number of nitrogens with two attached hydrogens (primary N) is 1. The van der Waals surface area contributed by atoms with E-state index >= 15 is 0 Å². The SMILES string of the molecule is COc1cc2ncc(-c3cc(Cl)nc(OC(N)=O)c3C(C)(C)C)n2cc1S(=O)(=O)C(C)(C)C. The largest absolute Gasteiger partial charge is 0.495 e. The summed E-state index contributed by atoms with van der Waals surface area (Å²) in [6.45, 7) is 10.6. The van der Waals surface area contributed by atoms with Crippen molar-refractivity contribution >= 4 is 33.2 Å². The number of hydrogen-bond acceptors (Lipinski definition) is 7. The summed E-state index contributed by atoms with van der Waals surface area (Å²) < 4.78 is 37.7. The van der Waals surface area contributed by atoms with Gasteiger partial charge in [-0.2, -0.15) is 0 Å². The molecular weight excluding hydrogens is 468 g/mol. The summed E-state index contributed by atoms with van der Waals surface area (Å²) >= 11 is 6.25. The maximum atomic E-state index is 13.3. The highest BCUT2D eigenvalue weighted by Crippen LogP contribution is 2.41. The van der Waals surface area contributed by atoms with E-state index < -0.39 is 26.1 Å². The van der Waals surface area contributed by atoms with Crippen LogP contribution >= 0.6 is 11.6 Å². The third-order valence-corrected chi connectivity index (χ3v) is 7.76. The van der Waals surface area contributed by atoms with Crippen LogP contribution in [-0.4, -0.2) is 40.7 Å². The van der Waals surface area contributed by atoms with E-state index in [4.69, 9.17) is 26.8 Å². The molecular formula is C22H27ClN4O5S. The Hall–Kier alpha value is -2.85. The molecule has 0 saturated heterocycles. The predicted molar refractivity (Wildman–Crippen MR) is 126 cm³/mol. The van der Waals surface area contributed by atoms with Crippen molar-refractivity contribution in [3.8, 4) is 22.9 Å². The van der Waals surface area contributed by atoms with Gasteiger partial charge in [-0.1, -0.05) is 32.4 Å². The monoisotopic (exact) mass is 494 g/mol. The van der Waals surface area contributed by atoms with Crippen LogP contribution < -0.4 is 15.2 Å². The second kappa shape index (κ2) is 8.18. The molecule has 0 aromatic carbocycles. The third kappa shape index (κ3) is 4.49. The second-order valence-corrected chi connectivity index (χ2v) is 12.6. The van der Waals surface area contributed by atoms with Crippen molar-refractivity contribution in [2.75, 3.05) is 7.11 Å². The lowest BCUT2D eigenvalue weighted by atomic mass is 9.83. The Balaban J connectivity index is 2.42. The first kappa shape index (κ1) is 24.8. The number of carbonyl (C=O) groups is 1. The Morgan fingerprint density at radius 3 is 2.30 bits per heavy atom. The van der Waals surface area contributed by atoms with Gasteiger partial charge < -0.3 is 15.2 Å². The van der Waals surface area contributed by atoms with E-state index in [-0.39, 0.29) is 21.7 Å². The summed E-state index contributed by atoms with van der Waals surface area (Å²) in [7, 11) is -2.35. The Morgan fingerprint density at radius 2 is 1.79 bits per heavy atom. The van der Waals surface area contributed by atoms with Gasteiger partial charge >= 0.3 is 6.09 Å². The van der Waals surface area contributed by atoms with Crippen LogP contribution in [0.5, 0.6) is 11.6 Å². The minimum absolute atomic E-state index is 0.0234. The number of ether oxygens (including phenoxy) is 2. The fourth-order valence-corrected chi connectivity index (χ4v) is 4.96. The molecule has 0 spiro atoms. The zero-order valence-electron chi connectivity index (χ0n) is 19.6. The van der Waals surface area contributed by atoms with Gasteiger partial charge in [-0.05, 0) is 32.3 Å². The molecule has 1 amide bonds. The molecule has 33 heavy (non-hydrogen) atoms. The molecule has 0 atom stereocenters. The number of methoxy groups -OCH3 is 1. The smallest absolute Gasteiger partial charge is 0.411 e. The number of aromatic nitrogens is 3. The van der Waals surface area contributed by atoms with Gasteiger partial charge in [0.05, 0.1) is 23.7 Å². The average Bonchev–Trinajstić information content (AvgIpc) is 3.06. The summed E-state index contributed by atoms with van der Waals surface area (Å²) in [6, 6.07) is 3.17. The number of hydrogen-bond donors (Lipinski definition) is 1. The Labute approximate surface area is 197 Å². The maximum Gasteiger partial charge on any atom is 0.411 e. The summed E-state index contributed by atoms with van der Waals surface area (Å²) in [5.74, 6) is 0.166. The van der Waals surface area contributed by atoms with Crippen molar-refractivity contribution in [2.45, 2.75) is 56.6 Å². The highest BCUT2D eigenvalue weighted by molar-refractivity contribution is 7.92. The highest BCUT2D eigenvalue weighted by Gasteiger charge is 2.35. The molecule has 11 heteroatoms. The van der Waals surface area contributed by atoms with Crippen LogP contribution in [0, 0.1) is 0 Å². The molecule has 9 nitrogen and oxygen atoms in total. The van der Waals surface area contributed by atoms with Gasteiger partial charge in [0.25, 0.3) is 0 Å². The van der Waals surface area contributed by atoms with E-state index in [1.807, 2.05) is 20.8 Å². The minimum atomic E-state index is -3.76. The molecule has 3 heterocycles. The van der Waals surface area contributed by atoms with Crippen molar-refractivity contribution in [1.29, 1.82) is 0 Å². The fraction of sp³-hybridized carbons (Fsp3) is 0.409. The number of fused-ring (bicyclic) bond motifs is 1. The average molecular weight is 495 g/mol. The van der Waals surface area contributed by atoms with E-state index in [0.717, 1.165) is 0 Å². The Kier molecular flexibility index (Phi) is 6.14. The van der Waals surface area contributed by atoms with E-state index in [1.54, 1.807) is 43.5 Å². The first-order valence-electron chi connectivity index (χ1n) is 10.1. The second-order valence-electron chi connectivity index (χ2n) is 9.54. The normalized spacial score (nSPS) is 12.7. The molecule has 0 aliphatic heterocycles. The van der Waals surface area contributed by atoms with Gasteiger partial charge in [0.1, 0.15) is 21.4 Å². The molecule has 178 valence electrons. The van der Waals surface area contributed by atoms with Crippen molar-refractivity contribution < 1.29 is 22.7 Å². The number of primary amides is 1. The number of halogens is 1. The lowest BCUT2D eigenvalue weighted by Crippen LogP contribution is -2.28. The van der Waals surface area contributed by atoms with Crippen LogP contribution in [0.3, 0.4) is 0 Å². The number of pyridine rings is 2. The van der Waals surface area contributed by atoms with Gasteiger partial charge in [0.2, 0.25) is 5.88 Å². The molecule has 0 bridgehead atoms. The van der Waals surface area contributed by atoms with E-state index in [1.165, 1.54) is 13.3 Å². The van der Waals surface area contributed by atoms with Gasteiger partial charge in [-0.3, -0.25) is 4.40 Å². The molecule has 0 unspecified atom stereocenters. The topological polar surface area (TPSA) is 126 Å². The molecule has 0 aliphatic carbocycles. The number of imidazole rings is 1. The van der Waals surface area contributed by atoms with Crippen LogP contribution in [0.2, 0.25) is 5.15 Å². The Bertz CT molecular complexity index is 1350.